The number of likely N-dealkylation sites (tertiary alicyclic amines) is 1. The van der Waals surface area contributed by atoms with Gasteiger partial charge < -0.3 is 14.7 Å². The fourth-order valence-electron chi connectivity index (χ4n) is 3.71. The summed E-state index contributed by atoms with van der Waals surface area (Å²) < 4.78 is 96.9. The summed E-state index contributed by atoms with van der Waals surface area (Å²) in [5.74, 6) is -0.413. The molecule has 1 unspecified atom stereocenters. The van der Waals surface area contributed by atoms with Crippen molar-refractivity contribution in [2.24, 2.45) is 0 Å². The Kier molecular flexibility index (Phi) is 6.43. The maximum Gasteiger partial charge on any atom is 0.416 e. The molecule has 1 aliphatic heterocycles. The van der Waals surface area contributed by atoms with Crippen LogP contribution in [0.25, 0.3) is 11.4 Å². The van der Waals surface area contributed by atoms with E-state index in [4.69, 9.17) is 4.52 Å². The molecule has 186 valence electrons. The first-order valence-corrected chi connectivity index (χ1v) is 10.3. The Labute approximate surface area is 193 Å². The van der Waals surface area contributed by atoms with Gasteiger partial charge in [0.2, 0.25) is 11.7 Å². The van der Waals surface area contributed by atoms with Crippen molar-refractivity contribution in [3.63, 3.8) is 0 Å². The Balaban J connectivity index is 1.49. The van der Waals surface area contributed by atoms with Gasteiger partial charge in [0.05, 0.1) is 17.0 Å². The summed E-state index contributed by atoms with van der Waals surface area (Å²) in [5.41, 5.74) is -3.18. The number of amides is 2. The number of nitrogens with zero attached hydrogens (tertiary/aromatic N) is 3. The largest absolute Gasteiger partial charge is 0.416 e. The monoisotopic (exact) mass is 502 g/mol. The molecule has 1 fully saturated rings. The van der Waals surface area contributed by atoms with Crippen molar-refractivity contribution in [3.05, 3.63) is 65.3 Å². The van der Waals surface area contributed by atoms with E-state index in [2.05, 4.69) is 15.5 Å². The molecule has 1 aromatic heterocycles. The smallest absolute Gasteiger partial charge is 0.339 e. The molecule has 2 amide bonds. The van der Waals surface area contributed by atoms with E-state index >= 15 is 0 Å². The molecule has 35 heavy (non-hydrogen) atoms. The highest BCUT2D eigenvalue weighted by Gasteiger charge is 2.37. The first-order chi connectivity index (χ1) is 16.4. The summed E-state index contributed by atoms with van der Waals surface area (Å²) in [6.45, 7) is 0.286. The minimum atomic E-state index is -5.03. The maximum absolute atomic E-state index is 13.1. The summed E-state index contributed by atoms with van der Waals surface area (Å²) >= 11 is 0. The highest BCUT2D eigenvalue weighted by Crippen LogP contribution is 2.38. The standard InChI is InChI=1S/C22H17F7N4O2/c23-16-5-3-12(4-6-16)18-31-19(35-32-18)13-2-1-7-33(11-13)20(34)30-17-9-14(21(24,25)26)8-15(10-17)22(27,28)29/h3-6,8-10,13H,1-2,7,11H2,(H,30,34). The maximum atomic E-state index is 13.1. The van der Waals surface area contributed by atoms with Crippen molar-refractivity contribution >= 4 is 11.7 Å². The summed E-state index contributed by atoms with van der Waals surface area (Å²) in [6.07, 6.45) is -9.01. The molecule has 0 radical (unpaired) electrons. The number of urea groups is 1. The van der Waals surface area contributed by atoms with Crippen LogP contribution >= 0.6 is 0 Å². The van der Waals surface area contributed by atoms with Crippen molar-refractivity contribution in [1.82, 2.24) is 15.0 Å². The van der Waals surface area contributed by atoms with Crippen molar-refractivity contribution in [2.75, 3.05) is 18.4 Å². The van der Waals surface area contributed by atoms with E-state index in [0.29, 0.717) is 30.5 Å². The molecule has 0 aliphatic carbocycles. The van der Waals surface area contributed by atoms with E-state index in [1.165, 1.54) is 29.2 Å². The minimum absolute atomic E-state index is 0.0130. The highest BCUT2D eigenvalue weighted by molar-refractivity contribution is 5.89. The average Bonchev–Trinajstić information content (AvgIpc) is 3.29. The van der Waals surface area contributed by atoms with Gasteiger partial charge in [-0.15, -0.1) is 0 Å². The highest BCUT2D eigenvalue weighted by atomic mass is 19.4. The van der Waals surface area contributed by atoms with Gasteiger partial charge in [0.15, 0.2) is 0 Å². The van der Waals surface area contributed by atoms with Crippen LogP contribution in [-0.4, -0.2) is 34.2 Å². The van der Waals surface area contributed by atoms with E-state index < -0.39 is 46.9 Å². The number of hydrogen-bond donors (Lipinski definition) is 1. The van der Waals surface area contributed by atoms with Gasteiger partial charge in [0.25, 0.3) is 0 Å². The second kappa shape index (κ2) is 9.19. The van der Waals surface area contributed by atoms with Crippen molar-refractivity contribution in [1.29, 1.82) is 0 Å². The third-order valence-electron chi connectivity index (χ3n) is 5.44. The quantitative estimate of drug-likeness (QED) is 0.426. The van der Waals surface area contributed by atoms with Crippen LogP contribution in [0.4, 0.5) is 41.2 Å². The second-order valence-electron chi connectivity index (χ2n) is 7.97. The van der Waals surface area contributed by atoms with E-state index in [-0.39, 0.29) is 30.9 Å². The van der Waals surface area contributed by atoms with Crippen LogP contribution in [0.15, 0.2) is 47.0 Å². The van der Waals surface area contributed by atoms with Crippen LogP contribution in [0, 0.1) is 5.82 Å². The topological polar surface area (TPSA) is 71.3 Å². The van der Waals surface area contributed by atoms with Crippen LogP contribution in [0.5, 0.6) is 0 Å². The fourth-order valence-corrected chi connectivity index (χ4v) is 3.71. The number of aromatic nitrogens is 2. The Bertz CT molecular complexity index is 1170. The van der Waals surface area contributed by atoms with Gasteiger partial charge in [-0.1, -0.05) is 5.16 Å². The molecule has 1 atom stereocenters. The average molecular weight is 502 g/mol. The number of carbonyl (C=O) groups excluding carboxylic acids is 1. The first-order valence-electron chi connectivity index (χ1n) is 10.3. The number of alkyl halides is 6. The van der Waals surface area contributed by atoms with Crippen molar-refractivity contribution < 1.29 is 40.1 Å². The molecule has 0 spiro atoms. The number of carbonyl (C=O) groups is 1. The van der Waals surface area contributed by atoms with E-state index in [9.17, 15) is 35.5 Å². The molecule has 13 heteroatoms. The van der Waals surface area contributed by atoms with Gasteiger partial charge in [0, 0.05) is 24.3 Å². The minimum Gasteiger partial charge on any atom is -0.339 e. The molecule has 1 aliphatic rings. The second-order valence-corrected chi connectivity index (χ2v) is 7.97. The van der Waals surface area contributed by atoms with Gasteiger partial charge >= 0.3 is 18.4 Å². The molecule has 6 nitrogen and oxygen atoms in total. The molecule has 3 aromatic rings. The lowest BCUT2D eigenvalue weighted by Crippen LogP contribution is -2.41. The molecule has 2 heterocycles. The van der Waals surface area contributed by atoms with E-state index in [1.54, 1.807) is 0 Å². The predicted octanol–water partition coefficient (Wildman–Crippen LogP) is 6.32. The lowest BCUT2D eigenvalue weighted by molar-refractivity contribution is -0.143. The Morgan fingerprint density at radius 3 is 2.23 bits per heavy atom. The van der Waals surface area contributed by atoms with Crippen molar-refractivity contribution in [2.45, 2.75) is 31.1 Å². The molecule has 0 bridgehead atoms. The lowest BCUT2D eigenvalue weighted by atomic mass is 9.98. The number of nitrogens with one attached hydrogen (secondary N) is 1. The van der Waals surface area contributed by atoms with Gasteiger partial charge in [-0.25, -0.2) is 9.18 Å². The van der Waals surface area contributed by atoms with Crippen molar-refractivity contribution in [3.8, 4) is 11.4 Å². The Hall–Kier alpha value is -3.64. The van der Waals surface area contributed by atoms with E-state index in [0.717, 1.165) is 0 Å². The normalized spacial score (nSPS) is 16.9. The molecule has 2 aromatic carbocycles. The Morgan fingerprint density at radius 1 is 1.00 bits per heavy atom. The number of anilines is 1. The zero-order valence-corrected chi connectivity index (χ0v) is 17.8. The first kappa shape index (κ1) is 24.5. The summed E-state index contributed by atoms with van der Waals surface area (Å²) in [5, 5.41) is 5.98. The number of hydrogen-bond acceptors (Lipinski definition) is 4. The predicted molar refractivity (Wildman–Crippen MR) is 109 cm³/mol. The van der Waals surface area contributed by atoms with Crippen LogP contribution in [-0.2, 0) is 12.4 Å². The number of benzene rings is 2. The zero-order chi connectivity index (χ0) is 25.4. The molecular formula is C22H17F7N4O2. The molecule has 1 saturated heterocycles. The number of halogens is 7. The lowest BCUT2D eigenvalue weighted by Gasteiger charge is -2.31. The van der Waals surface area contributed by atoms with Gasteiger partial charge in [-0.3, -0.25) is 0 Å². The summed E-state index contributed by atoms with van der Waals surface area (Å²) in [4.78, 5) is 18.2. The van der Waals surface area contributed by atoms with Crippen LogP contribution in [0.2, 0.25) is 0 Å². The number of rotatable bonds is 3. The Morgan fingerprint density at radius 2 is 1.63 bits per heavy atom. The van der Waals surface area contributed by atoms with Crippen LogP contribution < -0.4 is 5.32 Å². The fraction of sp³-hybridized carbons (Fsp3) is 0.318. The van der Waals surface area contributed by atoms with E-state index in [1.807, 2.05) is 0 Å². The third kappa shape index (κ3) is 5.72. The molecule has 4 rings (SSSR count). The molecule has 1 N–H and O–H groups in total. The summed E-state index contributed by atoms with van der Waals surface area (Å²) in [6, 6.07) is 5.42. The number of piperidine rings is 1. The third-order valence-corrected chi connectivity index (χ3v) is 5.44. The molecular weight excluding hydrogens is 485 g/mol. The van der Waals surface area contributed by atoms with Crippen LogP contribution in [0.1, 0.15) is 35.8 Å². The van der Waals surface area contributed by atoms with Gasteiger partial charge in [-0.2, -0.15) is 31.3 Å². The SMILES string of the molecule is O=C(Nc1cc(C(F)(F)F)cc(C(F)(F)F)c1)N1CCCC(c2nc(-c3ccc(F)cc3)no2)C1. The van der Waals surface area contributed by atoms with Gasteiger partial charge in [-0.05, 0) is 55.3 Å². The zero-order valence-electron chi connectivity index (χ0n) is 17.8. The molecule has 0 saturated carbocycles. The van der Waals surface area contributed by atoms with Crippen LogP contribution in [0.3, 0.4) is 0 Å². The summed E-state index contributed by atoms with van der Waals surface area (Å²) in [7, 11) is 0. The van der Waals surface area contributed by atoms with Gasteiger partial charge in [0.1, 0.15) is 5.82 Å².